The van der Waals surface area contributed by atoms with E-state index in [4.69, 9.17) is 8.92 Å². The van der Waals surface area contributed by atoms with Crippen molar-refractivity contribution in [2.24, 2.45) is 0 Å². The molecule has 0 saturated heterocycles. The van der Waals surface area contributed by atoms with Gasteiger partial charge in [-0.1, -0.05) is 0 Å². The second-order valence-corrected chi connectivity index (χ2v) is 5.80. The lowest BCUT2D eigenvalue weighted by Gasteiger charge is -2.12. The predicted octanol–water partition coefficient (Wildman–Crippen LogP) is 2.74. The summed E-state index contributed by atoms with van der Waals surface area (Å²) in [7, 11) is 1.51. The summed E-state index contributed by atoms with van der Waals surface area (Å²) >= 11 is -1.92. The molecule has 128 valence electrons. The smallest absolute Gasteiger partial charge is 0.316 e. The zero-order valence-electron chi connectivity index (χ0n) is 13.5. The maximum absolute atomic E-state index is 12.0. The van der Waals surface area contributed by atoms with Gasteiger partial charge < -0.3 is 19.3 Å². The fraction of sp³-hybridized carbons (Fsp3) is 0.188. The van der Waals surface area contributed by atoms with E-state index in [2.05, 4.69) is 10.0 Å². The van der Waals surface area contributed by atoms with Gasteiger partial charge in [0.15, 0.2) is 0 Å². The molecule has 1 amide bonds. The van der Waals surface area contributed by atoms with Gasteiger partial charge in [0.2, 0.25) is 5.91 Å². The minimum Gasteiger partial charge on any atom is -0.506 e. The molecule has 2 aromatic rings. The molecule has 24 heavy (non-hydrogen) atoms. The van der Waals surface area contributed by atoms with Gasteiger partial charge in [-0.05, 0) is 42.8 Å². The van der Waals surface area contributed by atoms with Crippen LogP contribution in [0.25, 0.3) is 0 Å². The second kappa shape index (κ2) is 7.69. The SMILES string of the molecule is COc1cc(NS(=O)Oc2ccc(NC(C)=O)cc2)c(O)cc1C. The van der Waals surface area contributed by atoms with E-state index < -0.39 is 11.3 Å². The normalized spacial score (nSPS) is 11.5. The molecule has 7 nitrogen and oxygen atoms in total. The summed E-state index contributed by atoms with van der Waals surface area (Å²) in [6.07, 6.45) is 0. The Morgan fingerprint density at radius 2 is 1.88 bits per heavy atom. The van der Waals surface area contributed by atoms with Crippen molar-refractivity contribution in [3.63, 3.8) is 0 Å². The highest BCUT2D eigenvalue weighted by atomic mass is 32.2. The number of aromatic hydroxyl groups is 1. The van der Waals surface area contributed by atoms with E-state index in [1.807, 2.05) is 0 Å². The van der Waals surface area contributed by atoms with Crippen LogP contribution in [-0.4, -0.2) is 22.3 Å². The number of benzene rings is 2. The number of methoxy groups -OCH3 is 1. The van der Waals surface area contributed by atoms with Gasteiger partial charge in [0.05, 0.1) is 12.8 Å². The van der Waals surface area contributed by atoms with Crippen LogP contribution in [0.3, 0.4) is 0 Å². The summed E-state index contributed by atoms with van der Waals surface area (Å²) in [5, 5.41) is 12.5. The lowest BCUT2D eigenvalue weighted by atomic mass is 10.2. The number of ether oxygens (including phenoxy) is 1. The van der Waals surface area contributed by atoms with E-state index in [0.717, 1.165) is 5.56 Å². The number of phenols is 1. The number of carbonyl (C=O) groups is 1. The topological polar surface area (TPSA) is 96.9 Å². The van der Waals surface area contributed by atoms with Crippen molar-refractivity contribution in [3.05, 3.63) is 42.0 Å². The molecule has 0 aliphatic heterocycles. The molecule has 0 saturated carbocycles. The predicted molar refractivity (Wildman–Crippen MR) is 92.5 cm³/mol. The van der Waals surface area contributed by atoms with Crippen LogP contribution in [0.4, 0.5) is 11.4 Å². The highest BCUT2D eigenvalue weighted by molar-refractivity contribution is 7.82. The van der Waals surface area contributed by atoms with Crippen LogP contribution in [0.15, 0.2) is 36.4 Å². The first-order valence-corrected chi connectivity index (χ1v) is 8.08. The lowest BCUT2D eigenvalue weighted by molar-refractivity contribution is -0.114. The van der Waals surface area contributed by atoms with E-state index in [9.17, 15) is 14.1 Å². The molecule has 0 aliphatic carbocycles. The Labute approximate surface area is 142 Å². The Kier molecular flexibility index (Phi) is 5.64. The number of phenolic OH excluding ortho intramolecular Hbond substituents is 1. The highest BCUT2D eigenvalue weighted by Crippen LogP contribution is 2.32. The number of hydrogen-bond donors (Lipinski definition) is 3. The molecule has 2 rings (SSSR count). The Morgan fingerprint density at radius 3 is 2.46 bits per heavy atom. The number of carbonyl (C=O) groups excluding carboxylic acids is 1. The van der Waals surface area contributed by atoms with Crippen LogP contribution in [0, 0.1) is 6.92 Å². The molecule has 0 aromatic heterocycles. The summed E-state index contributed by atoms with van der Waals surface area (Å²) in [5.74, 6) is 0.643. The van der Waals surface area contributed by atoms with Gasteiger partial charge in [-0.2, -0.15) is 4.21 Å². The molecule has 1 unspecified atom stereocenters. The average molecular weight is 350 g/mol. The number of anilines is 2. The number of nitrogens with one attached hydrogen (secondary N) is 2. The quantitative estimate of drug-likeness (QED) is 0.696. The number of aryl methyl sites for hydroxylation is 1. The van der Waals surface area contributed by atoms with Crippen LogP contribution in [0.1, 0.15) is 12.5 Å². The summed E-state index contributed by atoms with van der Waals surface area (Å²) in [5.41, 5.74) is 1.58. The summed E-state index contributed by atoms with van der Waals surface area (Å²) in [6, 6.07) is 9.42. The third kappa shape index (κ3) is 4.63. The maximum atomic E-state index is 12.0. The second-order valence-electron chi connectivity index (χ2n) is 4.96. The van der Waals surface area contributed by atoms with Gasteiger partial charge in [0, 0.05) is 18.7 Å². The number of hydrogen-bond acceptors (Lipinski definition) is 5. The van der Waals surface area contributed by atoms with Crippen molar-refractivity contribution in [2.75, 3.05) is 17.1 Å². The Hall–Kier alpha value is -2.74. The van der Waals surface area contributed by atoms with Crippen LogP contribution in [0.5, 0.6) is 17.2 Å². The number of rotatable bonds is 6. The van der Waals surface area contributed by atoms with Gasteiger partial charge >= 0.3 is 11.3 Å². The van der Waals surface area contributed by atoms with Gasteiger partial charge in [-0.25, -0.2) is 0 Å². The third-order valence-corrected chi connectivity index (χ3v) is 3.78. The summed E-state index contributed by atoms with van der Waals surface area (Å²) < 4.78 is 25.0. The summed E-state index contributed by atoms with van der Waals surface area (Å²) in [6.45, 7) is 3.19. The van der Waals surface area contributed by atoms with Crippen molar-refractivity contribution >= 4 is 28.5 Å². The van der Waals surface area contributed by atoms with Crippen molar-refractivity contribution in [2.45, 2.75) is 13.8 Å². The molecule has 0 bridgehead atoms. The number of amides is 1. The molecule has 0 radical (unpaired) electrons. The van der Waals surface area contributed by atoms with Crippen LogP contribution in [0.2, 0.25) is 0 Å². The van der Waals surface area contributed by atoms with E-state index in [-0.39, 0.29) is 17.3 Å². The molecule has 0 spiro atoms. The van der Waals surface area contributed by atoms with E-state index in [1.54, 1.807) is 31.2 Å². The first-order valence-electron chi connectivity index (χ1n) is 7.01. The van der Waals surface area contributed by atoms with Crippen molar-refractivity contribution in [1.29, 1.82) is 0 Å². The summed E-state index contributed by atoms with van der Waals surface area (Å²) in [4.78, 5) is 11.0. The monoisotopic (exact) mass is 350 g/mol. The first-order chi connectivity index (χ1) is 11.4. The lowest BCUT2D eigenvalue weighted by Crippen LogP contribution is -2.11. The Morgan fingerprint density at radius 1 is 1.21 bits per heavy atom. The average Bonchev–Trinajstić information content (AvgIpc) is 2.51. The van der Waals surface area contributed by atoms with Crippen LogP contribution >= 0.6 is 0 Å². The minimum atomic E-state index is -1.92. The van der Waals surface area contributed by atoms with Gasteiger partial charge in [0.25, 0.3) is 0 Å². The molecule has 1 atom stereocenters. The zero-order chi connectivity index (χ0) is 17.7. The Balaban J connectivity index is 2.04. The fourth-order valence-electron chi connectivity index (χ4n) is 1.97. The molecule has 0 aliphatic rings. The minimum absolute atomic E-state index is 0.0637. The first kappa shape index (κ1) is 17.6. The van der Waals surface area contributed by atoms with Crippen molar-refractivity contribution < 1.29 is 23.0 Å². The molecule has 0 fully saturated rings. The van der Waals surface area contributed by atoms with Gasteiger partial charge in [0.1, 0.15) is 17.2 Å². The van der Waals surface area contributed by atoms with Gasteiger partial charge in [-0.15, -0.1) is 0 Å². The fourth-order valence-corrected chi connectivity index (χ4v) is 2.64. The van der Waals surface area contributed by atoms with E-state index in [1.165, 1.54) is 26.2 Å². The zero-order valence-corrected chi connectivity index (χ0v) is 14.3. The van der Waals surface area contributed by atoms with Crippen LogP contribution in [-0.2, 0) is 16.1 Å². The van der Waals surface area contributed by atoms with Crippen molar-refractivity contribution in [3.8, 4) is 17.2 Å². The third-order valence-electron chi connectivity index (χ3n) is 3.05. The molecular weight excluding hydrogens is 332 g/mol. The molecule has 3 N–H and O–H groups in total. The standard InChI is InChI=1S/C16H18N2O5S/c1-10-8-15(20)14(9-16(10)22-3)18-24(21)23-13-6-4-12(5-7-13)17-11(2)19/h4-9,18,20H,1-3H3,(H,17,19). The van der Waals surface area contributed by atoms with Crippen LogP contribution < -0.4 is 19.0 Å². The maximum Gasteiger partial charge on any atom is 0.316 e. The largest absolute Gasteiger partial charge is 0.506 e. The Bertz CT molecular complexity index is 762. The molecular formula is C16H18N2O5S. The van der Waals surface area contributed by atoms with Crippen molar-refractivity contribution in [1.82, 2.24) is 0 Å². The molecule has 0 heterocycles. The molecule has 8 heteroatoms. The van der Waals surface area contributed by atoms with E-state index >= 15 is 0 Å². The van der Waals surface area contributed by atoms with Gasteiger partial charge in [-0.3, -0.25) is 9.52 Å². The van der Waals surface area contributed by atoms with E-state index in [0.29, 0.717) is 17.2 Å². The highest BCUT2D eigenvalue weighted by Gasteiger charge is 2.11. The molecule has 2 aromatic carbocycles.